The second kappa shape index (κ2) is 10.5. The van der Waals surface area contributed by atoms with Crippen LogP contribution >= 0.6 is 0 Å². The lowest BCUT2D eigenvalue weighted by molar-refractivity contribution is -0.138. The van der Waals surface area contributed by atoms with Crippen molar-refractivity contribution in [2.45, 2.75) is 57.9 Å². The first-order valence-electron chi connectivity index (χ1n) is 12.4. The number of carboxylic acid groups (broad SMARTS) is 1. The average molecular weight is 479 g/mol. The van der Waals surface area contributed by atoms with E-state index in [1.165, 1.54) is 0 Å². The summed E-state index contributed by atoms with van der Waals surface area (Å²) < 4.78 is 5.60. The number of nitrogens with zero attached hydrogens (tertiary/aromatic N) is 1. The van der Waals surface area contributed by atoms with Gasteiger partial charge >= 0.3 is 12.1 Å². The molecule has 7 nitrogen and oxygen atoms in total. The zero-order valence-corrected chi connectivity index (χ0v) is 20.5. The van der Waals surface area contributed by atoms with Crippen LogP contribution in [0.2, 0.25) is 0 Å². The molecule has 1 saturated heterocycles. The first kappa shape index (κ1) is 24.8. The summed E-state index contributed by atoms with van der Waals surface area (Å²) in [5, 5.41) is 11.8. The Morgan fingerprint density at radius 2 is 1.63 bits per heavy atom. The SMILES string of the molecule is CCC1(C)CCN(C(=O)C(CCC(=O)O)NC(=O)OCC2c3ccccc3-c3ccccc32)CC1. The molecule has 0 radical (unpaired) electrons. The molecule has 1 fully saturated rings. The van der Waals surface area contributed by atoms with Gasteiger partial charge in [-0.3, -0.25) is 9.59 Å². The topological polar surface area (TPSA) is 95.9 Å². The van der Waals surface area contributed by atoms with Gasteiger partial charge in [0.25, 0.3) is 0 Å². The Labute approximate surface area is 206 Å². The van der Waals surface area contributed by atoms with Gasteiger partial charge in [-0.15, -0.1) is 0 Å². The van der Waals surface area contributed by atoms with Crippen molar-refractivity contribution in [3.05, 3.63) is 59.7 Å². The van der Waals surface area contributed by atoms with E-state index in [1.807, 2.05) is 36.4 Å². The van der Waals surface area contributed by atoms with Gasteiger partial charge in [-0.05, 0) is 46.9 Å². The zero-order valence-electron chi connectivity index (χ0n) is 20.5. The van der Waals surface area contributed by atoms with Crippen LogP contribution in [-0.2, 0) is 14.3 Å². The Bertz CT molecular complexity index is 1040. The molecule has 1 aliphatic heterocycles. The molecule has 7 heteroatoms. The van der Waals surface area contributed by atoms with Crippen molar-refractivity contribution in [3.63, 3.8) is 0 Å². The number of piperidine rings is 1. The van der Waals surface area contributed by atoms with Crippen LogP contribution < -0.4 is 5.32 Å². The molecule has 0 bridgehead atoms. The highest BCUT2D eigenvalue weighted by atomic mass is 16.5. The Morgan fingerprint density at radius 1 is 1.06 bits per heavy atom. The Hall–Kier alpha value is -3.35. The number of amides is 2. The molecule has 35 heavy (non-hydrogen) atoms. The van der Waals surface area contributed by atoms with Crippen molar-refractivity contribution in [2.24, 2.45) is 5.41 Å². The van der Waals surface area contributed by atoms with Gasteiger partial charge in [0.2, 0.25) is 5.91 Å². The maximum Gasteiger partial charge on any atom is 0.407 e. The molecule has 2 aromatic carbocycles. The van der Waals surface area contributed by atoms with Gasteiger partial charge in [0.05, 0.1) is 0 Å². The quantitative estimate of drug-likeness (QED) is 0.568. The fourth-order valence-corrected chi connectivity index (χ4v) is 5.15. The van der Waals surface area contributed by atoms with Crippen LogP contribution in [0.3, 0.4) is 0 Å². The molecule has 0 aromatic heterocycles. The summed E-state index contributed by atoms with van der Waals surface area (Å²) in [5.74, 6) is -1.33. The van der Waals surface area contributed by atoms with Crippen LogP contribution in [0.1, 0.15) is 63.0 Å². The number of rotatable bonds is 8. The molecular formula is C28H34N2O5. The monoisotopic (exact) mass is 478 g/mol. The summed E-state index contributed by atoms with van der Waals surface area (Å²) >= 11 is 0. The third-order valence-corrected chi connectivity index (χ3v) is 7.72. The van der Waals surface area contributed by atoms with Gasteiger partial charge in [-0.25, -0.2) is 4.79 Å². The maximum absolute atomic E-state index is 13.2. The lowest BCUT2D eigenvalue weighted by Gasteiger charge is -2.40. The number of aliphatic carboxylic acids is 1. The maximum atomic E-state index is 13.2. The van der Waals surface area contributed by atoms with Crippen molar-refractivity contribution in [3.8, 4) is 11.1 Å². The van der Waals surface area contributed by atoms with E-state index in [4.69, 9.17) is 9.84 Å². The summed E-state index contributed by atoms with van der Waals surface area (Å²) in [6.45, 7) is 5.74. The van der Waals surface area contributed by atoms with Crippen molar-refractivity contribution >= 4 is 18.0 Å². The van der Waals surface area contributed by atoms with Crippen LogP contribution in [-0.4, -0.2) is 53.7 Å². The van der Waals surface area contributed by atoms with E-state index in [1.54, 1.807) is 4.90 Å². The Kier molecular flexibility index (Phi) is 7.43. The highest BCUT2D eigenvalue weighted by Crippen LogP contribution is 2.44. The van der Waals surface area contributed by atoms with Gasteiger partial charge in [0, 0.05) is 25.4 Å². The number of carboxylic acids is 1. The molecule has 2 amide bonds. The standard InChI is InChI=1S/C28H34N2O5/c1-3-28(2)14-16-30(17-15-28)26(33)24(12-13-25(31)32)29-27(34)35-18-23-21-10-6-4-8-19(21)20-9-5-7-11-22(20)23/h4-11,23-24H,3,12-18H2,1-2H3,(H,29,34)(H,31,32). The number of ether oxygens (including phenoxy) is 1. The first-order chi connectivity index (χ1) is 16.8. The van der Waals surface area contributed by atoms with Gasteiger partial charge in [-0.1, -0.05) is 68.8 Å². The van der Waals surface area contributed by atoms with E-state index in [-0.39, 0.29) is 36.7 Å². The molecule has 1 heterocycles. The Morgan fingerprint density at radius 3 is 2.17 bits per heavy atom. The molecule has 2 aromatic rings. The number of likely N-dealkylation sites (tertiary alicyclic amines) is 1. The molecule has 1 aliphatic carbocycles. The van der Waals surface area contributed by atoms with Crippen molar-refractivity contribution in [1.82, 2.24) is 10.2 Å². The van der Waals surface area contributed by atoms with Crippen molar-refractivity contribution < 1.29 is 24.2 Å². The second-order valence-corrected chi connectivity index (χ2v) is 9.94. The number of hydrogen-bond donors (Lipinski definition) is 2. The fourth-order valence-electron chi connectivity index (χ4n) is 5.15. The molecule has 1 unspecified atom stereocenters. The third-order valence-electron chi connectivity index (χ3n) is 7.72. The number of carbonyl (C=O) groups is 3. The highest BCUT2D eigenvalue weighted by Gasteiger charge is 2.34. The van der Waals surface area contributed by atoms with E-state index in [2.05, 4.69) is 31.3 Å². The molecule has 1 atom stereocenters. The van der Waals surface area contributed by atoms with Crippen LogP contribution in [0.25, 0.3) is 11.1 Å². The molecule has 2 aliphatic rings. The fraction of sp³-hybridized carbons (Fsp3) is 0.464. The van der Waals surface area contributed by atoms with Crippen LogP contribution in [0.15, 0.2) is 48.5 Å². The summed E-state index contributed by atoms with van der Waals surface area (Å²) in [7, 11) is 0. The molecule has 0 saturated carbocycles. The lowest BCUT2D eigenvalue weighted by Crippen LogP contribution is -2.52. The van der Waals surface area contributed by atoms with Gasteiger partial charge < -0.3 is 20.1 Å². The zero-order chi connectivity index (χ0) is 25.0. The van der Waals surface area contributed by atoms with E-state index in [9.17, 15) is 14.4 Å². The second-order valence-electron chi connectivity index (χ2n) is 9.94. The average Bonchev–Trinajstić information content (AvgIpc) is 3.19. The van der Waals surface area contributed by atoms with Gasteiger partial charge in [0.1, 0.15) is 12.6 Å². The summed E-state index contributed by atoms with van der Waals surface area (Å²) in [5.41, 5.74) is 4.69. The number of alkyl carbamates (subject to hydrolysis) is 1. The molecular weight excluding hydrogens is 444 g/mol. The third kappa shape index (κ3) is 5.50. The smallest absolute Gasteiger partial charge is 0.407 e. The molecule has 4 rings (SSSR count). The van der Waals surface area contributed by atoms with E-state index in [0.717, 1.165) is 41.5 Å². The van der Waals surface area contributed by atoms with Crippen LogP contribution in [0.5, 0.6) is 0 Å². The summed E-state index contributed by atoms with van der Waals surface area (Å²) in [4.78, 5) is 38.9. The molecule has 2 N–H and O–H groups in total. The van der Waals surface area contributed by atoms with Crippen LogP contribution in [0.4, 0.5) is 4.79 Å². The van der Waals surface area contributed by atoms with Gasteiger partial charge in [0.15, 0.2) is 0 Å². The normalized spacial score (nSPS) is 17.3. The minimum Gasteiger partial charge on any atom is -0.481 e. The largest absolute Gasteiger partial charge is 0.481 e. The van der Waals surface area contributed by atoms with E-state index < -0.39 is 18.1 Å². The number of carbonyl (C=O) groups excluding carboxylic acids is 2. The minimum atomic E-state index is -1.01. The summed E-state index contributed by atoms with van der Waals surface area (Å²) in [6.07, 6.45) is 1.96. The number of nitrogens with one attached hydrogen (secondary N) is 1. The molecule has 0 spiro atoms. The summed E-state index contributed by atoms with van der Waals surface area (Å²) in [6, 6.07) is 15.2. The predicted molar refractivity (Wildman–Crippen MR) is 133 cm³/mol. The highest BCUT2D eigenvalue weighted by molar-refractivity contribution is 5.86. The van der Waals surface area contributed by atoms with E-state index in [0.29, 0.717) is 13.1 Å². The number of fused-ring (bicyclic) bond motifs is 3. The van der Waals surface area contributed by atoms with Crippen molar-refractivity contribution in [2.75, 3.05) is 19.7 Å². The minimum absolute atomic E-state index is 0.0277. The molecule has 186 valence electrons. The number of benzene rings is 2. The lowest BCUT2D eigenvalue weighted by atomic mass is 9.78. The van der Waals surface area contributed by atoms with Crippen LogP contribution in [0, 0.1) is 5.41 Å². The number of hydrogen-bond acceptors (Lipinski definition) is 4. The first-order valence-corrected chi connectivity index (χ1v) is 12.4. The Balaban J connectivity index is 1.40. The predicted octanol–water partition coefficient (Wildman–Crippen LogP) is 4.80. The van der Waals surface area contributed by atoms with Gasteiger partial charge in [-0.2, -0.15) is 0 Å². The van der Waals surface area contributed by atoms with E-state index >= 15 is 0 Å². The van der Waals surface area contributed by atoms with Crippen molar-refractivity contribution in [1.29, 1.82) is 0 Å².